The van der Waals surface area contributed by atoms with Gasteiger partial charge in [0.2, 0.25) is 0 Å². The Kier molecular flexibility index (Phi) is 4.02. The zero-order valence-electron chi connectivity index (χ0n) is 17.1. The minimum atomic E-state index is 0.0117. The van der Waals surface area contributed by atoms with Crippen molar-refractivity contribution in [1.82, 2.24) is 4.90 Å². The molecule has 0 aromatic carbocycles. The van der Waals surface area contributed by atoms with Crippen LogP contribution < -0.4 is 0 Å². The lowest BCUT2D eigenvalue weighted by atomic mass is 9.51. The van der Waals surface area contributed by atoms with Crippen LogP contribution in [0.3, 0.4) is 0 Å². The average molecular weight is 372 g/mol. The van der Waals surface area contributed by atoms with E-state index in [1.165, 1.54) is 19.3 Å². The Hall–Kier alpha value is -1.29. The Morgan fingerprint density at radius 1 is 1.37 bits per heavy atom. The molecule has 0 aromatic heterocycles. The third-order valence-electron chi connectivity index (χ3n) is 8.74. The van der Waals surface area contributed by atoms with Crippen LogP contribution in [-0.2, 0) is 14.3 Å². The van der Waals surface area contributed by atoms with Gasteiger partial charge in [0.05, 0.1) is 25.4 Å². The number of nitrogens with zero attached hydrogens (tertiary/aromatic N) is 1. The van der Waals surface area contributed by atoms with E-state index in [1.807, 2.05) is 0 Å². The van der Waals surface area contributed by atoms with Gasteiger partial charge in [-0.05, 0) is 63.5 Å². The Morgan fingerprint density at radius 2 is 2.19 bits per heavy atom. The lowest BCUT2D eigenvalue weighted by molar-refractivity contribution is -0.149. The van der Waals surface area contributed by atoms with Gasteiger partial charge >= 0.3 is 5.97 Å². The number of ether oxygens (including phenoxy) is 2. The number of hydrogen-bond acceptors (Lipinski definition) is 4. The van der Waals surface area contributed by atoms with Gasteiger partial charge in [-0.25, -0.2) is 0 Å². The molecule has 2 spiro atoms. The zero-order valence-corrected chi connectivity index (χ0v) is 17.1. The van der Waals surface area contributed by atoms with Crippen LogP contribution in [0, 0.1) is 28.6 Å². The normalized spacial score (nSPS) is 43.2. The van der Waals surface area contributed by atoms with Gasteiger partial charge in [0.25, 0.3) is 0 Å². The van der Waals surface area contributed by atoms with E-state index in [9.17, 15) is 4.79 Å². The van der Waals surface area contributed by atoms with Crippen molar-refractivity contribution in [1.29, 1.82) is 0 Å². The van der Waals surface area contributed by atoms with E-state index >= 15 is 0 Å². The maximum absolute atomic E-state index is 12.7. The first-order valence-corrected chi connectivity index (χ1v) is 10.9. The number of carbonyl (C=O) groups is 1. The van der Waals surface area contributed by atoms with Crippen molar-refractivity contribution in [2.24, 2.45) is 28.6 Å². The summed E-state index contributed by atoms with van der Waals surface area (Å²) in [5, 5.41) is 0. The van der Waals surface area contributed by atoms with Gasteiger partial charge < -0.3 is 14.4 Å². The number of methoxy groups -OCH3 is 1. The predicted octanol–water partition coefficient (Wildman–Crippen LogP) is 3.93. The predicted molar refractivity (Wildman–Crippen MR) is 104 cm³/mol. The number of allylic oxidation sites excluding steroid dienone is 3. The van der Waals surface area contributed by atoms with Crippen LogP contribution in [0.15, 0.2) is 23.0 Å². The first-order valence-electron chi connectivity index (χ1n) is 10.9. The standard InChI is InChI=1S/C23H33NO3/c1-4-17-9-10-22(14-27-17)16-7-5-15-6-8-18-19(21(25)26-3)11-23(22,20(15)18)13-24(2)12-16/h9,16,18-19H,4-8,10-14H2,1-3H3/t16-,18-,19-,22+,23+/m1/s1. The van der Waals surface area contributed by atoms with E-state index in [-0.39, 0.29) is 22.7 Å². The summed E-state index contributed by atoms with van der Waals surface area (Å²) < 4.78 is 11.6. The van der Waals surface area contributed by atoms with Crippen molar-refractivity contribution in [2.75, 3.05) is 33.9 Å². The van der Waals surface area contributed by atoms with Crippen LogP contribution in [0.1, 0.15) is 51.9 Å². The van der Waals surface area contributed by atoms with E-state index in [4.69, 9.17) is 9.47 Å². The molecule has 148 valence electrons. The molecule has 2 bridgehead atoms. The molecule has 0 radical (unpaired) electrons. The number of carbonyl (C=O) groups excluding carboxylic acids is 1. The van der Waals surface area contributed by atoms with E-state index in [0.29, 0.717) is 11.8 Å². The SMILES string of the molecule is CCC1=CC[C@]2(CO1)[C@@H]1CCC3=C4[C@H](CC3)[C@H](C(=O)OC)C[C@]42CN(C)C1. The van der Waals surface area contributed by atoms with Crippen LogP contribution in [0.2, 0.25) is 0 Å². The summed E-state index contributed by atoms with van der Waals surface area (Å²) in [7, 11) is 3.84. The summed E-state index contributed by atoms with van der Waals surface area (Å²) in [5.41, 5.74) is 3.60. The molecule has 2 fully saturated rings. The minimum absolute atomic E-state index is 0.0117. The van der Waals surface area contributed by atoms with E-state index in [2.05, 4.69) is 24.9 Å². The molecule has 5 rings (SSSR count). The van der Waals surface area contributed by atoms with Gasteiger partial charge in [-0.15, -0.1) is 0 Å². The van der Waals surface area contributed by atoms with Crippen LogP contribution in [-0.4, -0.2) is 44.7 Å². The quantitative estimate of drug-likeness (QED) is 0.545. The highest BCUT2D eigenvalue weighted by molar-refractivity contribution is 5.75. The van der Waals surface area contributed by atoms with Gasteiger partial charge in [-0.2, -0.15) is 0 Å². The summed E-state index contributed by atoms with van der Waals surface area (Å²) in [4.78, 5) is 15.3. The fraction of sp³-hybridized carbons (Fsp3) is 0.783. The number of rotatable bonds is 2. The molecule has 0 aromatic rings. The van der Waals surface area contributed by atoms with Crippen LogP contribution in [0.4, 0.5) is 0 Å². The molecule has 0 unspecified atom stereocenters. The highest BCUT2D eigenvalue weighted by Crippen LogP contribution is 2.71. The molecule has 0 N–H and O–H groups in total. The van der Waals surface area contributed by atoms with Crippen molar-refractivity contribution in [3.63, 3.8) is 0 Å². The summed E-state index contributed by atoms with van der Waals surface area (Å²) in [5.74, 6) is 2.27. The minimum Gasteiger partial charge on any atom is -0.498 e. The average Bonchev–Trinajstić information content (AvgIpc) is 3.22. The Bertz CT molecular complexity index is 725. The largest absolute Gasteiger partial charge is 0.498 e. The fourth-order valence-corrected chi connectivity index (χ4v) is 7.71. The van der Waals surface area contributed by atoms with Crippen molar-refractivity contribution >= 4 is 5.97 Å². The molecule has 1 saturated carbocycles. The molecule has 3 aliphatic carbocycles. The Labute approximate surface area is 163 Å². The molecule has 2 heterocycles. The second-order valence-corrected chi connectivity index (χ2v) is 9.68. The summed E-state index contributed by atoms with van der Waals surface area (Å²) in [6, 6.07) is 0. The third kappa shape index (κ3) is 2.22. The maximum Gasteiger partial charge on any atom is 0.309 e. The molecular formula is C23H33NO3. The lowest BCUT2D eigenvalue weighted by Crippen LogP contribution is -2.61. The molecular weight excluding hydrogens is 338 g/mol. The fourth-order valence-electron chi connectivity index (χ4n) is 7.71. The highest BCUT2D eigenvalue weighted by atomic mass is 16.5. The van der Waals surface area contributed by atoms with Crippen molar-refractivity contribution in [3.05, 3.63) is 23.0 Å². The lowest BCUT2D eigenvalue weighted by Gasteiger charge is -2.59. The van der Waals surface area contributed by atoms with E-state index < -0.39 is 0 Å². The Morgan fingerprint density at radius 3 is 2.89 bits per heavy atom. The van der Waals surface area contributed by atoms with E-state index in [1.54, 1.807) is 18.3 Å². The van der Waals surface area contributed by atoms with Crippen LogP contribution >= 0.6 is 0 Å². The molecule has 27 heavy (non-hydrogen) atoms. The zero-order chi connectivity index (χ0) is 18.8. The van der Waals surface area contributed by atoms with Gasteiger partial charge in [-0.1, -0.05) is 18.1 Å². The molecule has 4 nitrogen and oxygen atoms in total. The third-order valence-corrected chi connectivity index (χ3v) is 8.74. The Balaban J connectivity index is 1.67. The smallest absolute Gasteiger partial charge is 0.309 e. The number of hydrogen-bond donors (Lipinski definition) is 0. The number of piperidine rings is 1. The van der Waals surface area contributed by atoms with Crippen LogP contribution in [0.5, 0.6) is 0 Å². The molecule has 0 amide bonds. The van der Waals surface area contributed by atoms with Crippen LogP contribution in [0.25, 0.3) is 0 Å². The van der Waals surface area contributed by atoms with Gasteiger partial charge in [-0.3, -0.25) is 4.79 Å². The number of esters is 1. The molecule has 1 saturated heterocycles. The molecule has 4 heteroatoms. The van der Waals surface area contributed by atoms with E-state index in [0.717, 1.165) is 51.1 Å². The molecule has 2 aliphatic heterocycles. The summed E-state index contributed by atoms with van der Waals surface area (Å²) >= 11 is 0. The molecule has 5 aliphatic rings. The summed E-state index contributed by atoms with van der Waals surface area (Å²) in [6.07, 6.45) is 10.3. The molecule has 5 atom stereocenters. The topological polar surface area (TPSA) is 38.8 Å². The van der Waals surface area contributed by atoms with Crippen molar-refractivity contribution in [2.45, 2.75) is 51.9 Å². The first-order chi connectivity index (χ1) is 13.0. The number of likely N-dealkylation sites (tertiary alicyclic amines) is 1. The first kappa shape index (κ1) is 17.8. The van der Waals surface area contributed by atoms with Gasteiger partial charge in [0.15, 0.2) is 0 Å². The van der Waals surface area contributed by atoms with Crippen molar-refractivity contribution < 1.29 is 14.3 Å². The second kappa shape index (κ2) is 6.10. The monoisotopic (exact) mass is 371 g/mol. The second-order valence-electron chi connectivity index (χ2n) is 9.68. The van der Waals surface area contributed by atoms with Gasteiger partial charge in [0.1, 0.15) is 0 Å². The highest BCUT2D eigenvalue weighted by Gasteiger charge is 2.68. The maximum atomic E-state index is 12.7. The summed E-state index contributed by atoms with van der Waals surface area (Å²) in [6.45, 7) is 5.25. The van der Waals surface area contributed by atoms with Crippen molar-refractivity contribution in [3.8, 4) is 0 Å². The van der Waals surface area contributed by atoms with Gasteiger partial charge in [0, 0.05) is 30.3 Å².